The number of aliphatic carboxylic acids is 1. The Morgan fingerprint density at radius 3 is 2.67 bits per heavy atom. The van der Waals surface area contributed by atoms with Gasteiger partial charge in [0.2, 0.25) is 5.91 Å². The van der Waals surface area contributed by atoms with Crippen LogP contribution in [-0.4, -0.2) is 17.0 Å². The molecule has 0 fully saturated rings. The Bertz CT molecular complexity index is 684. The van der Waals surface area contributed by atoms with E-state index >= 15 is 0 Å². The number of carbonyl (C=O) groups excluding carboxylic acids is 1. The van der Waals surface area contributed by atoms with E-state index in [0.29, 0.717) is 17.0 Å². The van der Waals surface area contributed by atoms with Gasteiger partial charge < -0.3 is 14.8 Å². The highest BCUT2D eigenvalue weighted by atomic mass is 16.4. The number of furan rings is 1. The lowest BCUT2D eigenvalue weighted by Crippen LogP contribution is -2.07. The van der Waals surface area contributed by atoms with Gasteiger partial charge in [0.25, 0.3) is 0 Å². The van der Waals surface area contributed by atoms with Gasteiger partial charge in [-0.25, -0.2) is 4.79 Å². The third kappa shape index (κ3) is 4.83. The van der Waals surface area contributed by atoms with Crippen molar-refractivity contribution in [3.05, 3.63) is 66.1 Å². The molecule has 0 saturated heterocycles. The van der Waals surface area contributed by atoms with Gasteiger partial charge in [-0.15, -0.1) is 0 Å². The molecule has 0 aliphatic rings. The average molecular weight is 283 g/mol. The van der Waals surface area contributed by atoms with Crippen molar-refractivity contribution in [3.8, 4) is 0 Å². The monoisotopic (exact) mass is 283 g/mol. The van der Waals surface area contributed by atoms with E-state index in [1.54, 1.807) is 42.5 Å². The topological polar surface area (TPSA) is 79.5 Å². The molecule has 1 aromatic heterocycles. The maximum Gasteiger partial charge on any atom is 0.328 e. The van der Waals surface area contributed by atoms with Crippen molar-refractivity contribution < 1.29 is 19.1 Å². The van der Waals surface area contributed by atoms with Gasteiger partial charge in [0.1, 0.15) is 5.76 Å². The number of hydrogen-bond donors (Lipinski definition) is 2. The SMILES string of the molecule is O=C(O)/C=C/c1cccc(NC(=O)/C=C/c2ccco2)c1. The summed E-state index contributed by atoms with van der Waals surface area (Å²) in [7, 11) is 0. The first-order chi connectivity index (χ1) is 10.1. The minimum atomic E-state index is -1.02. The maximum atomic E-state index is 11.7. The van der Waals surface area contributed by atoms with E-state index in [1.165, 1.54) is 18.4 Å². The lowest BCUT2D eigenvalue weighted by Gasteiger charge is -2.02. The van der Waals surface area contributed by atoms with Crippen LogP contribution in [0.4, 0.5) is 5.69 Å². The molecule has 0 spiro atoms. The minimum Gasteiger partial charge on any atom is -0.478 e. The summed E-state index contributed by atoms with van der Waals surface area (Å²) >= 11 is 0. The van der Waals surface area contributed by atoms with Crippen LogP contribution in [-0.2, 0) is 9.59 Å². The molecule has 21 heavy (non-hydrogen) atoms. The molecule has 0 aliphatic heterocycles. The van der Waals surface area contributed by atoms with Crippen LogP contribution in [0.25, 0.3) is 12.2 Å². The second kappa shape index (κ2) is 6.91. The molecule has 0 bridgehead atoms. The van der Waals surface area contributed by atoms with Gasteiger partial charge in [0.05, 0.1) is 6.26 Å². The highest BCUT2D eigenvalue weighted by Crippen LogP contribution is 2.12. The summed E-state index contributed by atoms with van der Waals surface area (Å²) in [5.41, 5.74) is 1.27. The molecule has 0 unspecified atom stereocenters. The van der Waals surface area contributed by atoms with Gasteiger partial charge in [-0.05, 0) is 42.0 Å². The third-order valence-electron chi connectivity index (χ3n) is 2.51. The summed E-state index contributed by atoms with van der Waals surface area (Å²) in [6, 6.07) is 10.3. The Balaban J connectivity index is 2.00. The zero-order valence-electron chi connectivity index (χ0n) is 11.0. The van der Waals surface area contributed by atoms with Gasteiger partial charge in [-0.1, -0.05) is 12.1 Å². The van der Waals surface area contributed by atoms with Gasteiger partial charge in [-0.3, -0.25) is 4.79 Å². The number of benzene rings is 1. The van der Waals surface area contributed by atoms with E-state index in [0.717, 1.165) is 6.08 Å². The largest absolute Gasteiger partial charge is 0.478 e. The zero-order valence-corrected chi connectivity index (χ0v) is 11.0. The first-order valence-electron chi connectivity index (χ1n) is 6.17. The molecule has 2 N–H and O–H groups in total. The van der Waals surface area contributed by atoms with Gasteiger partial charge in [-0.2, -0.15) is 0 Å². The molecule has 0 aliphatic carbocycles. The summed E-state index contributed by atoms with van der Waals surface area (Å²) in [5, 5.41) is 11.3. The first kappa shape index (κ1) is 14.3. The molecule has 5 nitrogen and oxygen atoms in total. The zero-order chi connectivity index (χ0) is 15.1. The highest BCUT2D eigenvalue weighted by Gasteiger charge is 1.99. The van der Waals surface area contributed by atoms with Gasteiger partial charge in [0, 0.05) is 17.8 Å². The fourth-order valence-corrected chi connectivity index (χ4v) is 1.62. The standard InChI is InChI=1S/C16H13NO4/c18-15(8-7-14-5-2-10-21-14)17-13-4-1-3-12(11-13)6-9-16(19)20/h1-11H,(H,17,18)(H,19,20)/b8-7+,9-6+. The smallest absolute Gasteiger partial charge is 0.328 e. The summed E-state index contributed by atoms with van der Waals surface area (Å²) in [6.07, 6.45) is 6.94. The summed E-state index contributed by atoms with van der Waals surface area (Å²) < 4.78 is 5.08. The minimum absolute atomic E-state index is 0.300. The fraction of sp³-hybridized carbons (Fsp3) is 0. The summed E-state index contributed by atoms with van der Waals surface area (Å²) in [5.74, 6) is -0.736. The maximum absolute atomic E-state index is 11.7. The molecule has 2 rings (SSSR count). The van der Waals surface area contributed by atoms with Crippen LogP contribution in [0.15, 0.2) is 59.2 Å². The van der Waals surface area contributed by atoms with Crippen molar-refractivity contribution in [2.24, 2.45) is 0 Å². The summed E-state index contributed by atoms with van der Waals surface area (Å²) in [6.45, 7) is 0. The third-order valence-corrected chi connectivity index (χ3v) is 2.51. The van der Waals surface area contributed by atoms with Crippen molar-refractivity contribution in [1.29, 1.82) is 0 Å². The first-order valence-corrected chi connectivity index (χ1v) is 6.17. The number of carboxylic acid groups (broad SMARTS) is 1. The average Bonchev–Trinajstić information content (AvgIpc) is 2.97. The Hall–Kier alpha value is -3.08. The number of anilines is 1. The number of hydrogen-bond acceptors (Lipinski definition) is 3. The van der Waals surface area contributed by atoms with E-state index in [-0.39, 0.29) is 5.91 Å². The lowest BCUT2D eigenvalue weighted by atomic mass is 10.2. The van der Waals surface area contributed by atoms with Crippen LogP contribution in [0, 0.1) is 0 Å². The predicted octanol–water partition coefficient (Wildman–Crippen LogP) is 3.03. The second-order valence-electron chi connectivity index (χ2n) is 4.14. The van der Waals surface area contributed by atoms with Crippen molar-refractivity contribution in [2.45, 2.75) is 0 Å². The Kier molecular flexibility index (Phi) is 4.71. The van der Waals surface area contributed by atoms with E-state index in [1.807, 2.05) is 0 Å². The molecule has 1 amide bonds. The number of carboxylic acids is 1. The molecule has 106 valence electrons. The molecular weight excluding hydrogens is 270 g/mol. The quantitative estimate of drug-likeness (QED) is 0.827. The van der Waals surface area contributed by atoms with Crippen molar-refractivity contribution in [3.63, 3.8) is 0 Å². The van der Waals surface area contributed by atoms with Gasteiger partial charge in [0.15, 0.2) is 0 Å². The lowest BCUT2D eigenvalue weighted by molar-refractivity contribution is -0.131. The van der Waals surface area contributed by atoms with E-state index in [2.05, 4.69) is 5.32 Å². The van der Waals surface area contributed by atoms with Crippen LogP contribution < -0.4 is 5.32 Å². The van der Waals surface area contributed by atoms with E-state index in [4.69, 9.17) is 9.52 Å². The van der Waals surface area contributed by atoms with Crippen LogP contribution in [0.2, 0.25) is 0 Å². The normalized spacial score (nSPS) is 11.0. The molecule has 0 atom stereocenters. The Morgan fingerprint density at radius 2 is 1.95 bits per heavy atom. The number of amides is 1. The second-order valence-corrected chi connectivity index (χ2v) is 4.14. The molecule has 2 aromatic rings. The molecule has 1 heterocycles. The fourth-order valence-electron chi connectivity index (χ4n) is 1.62. The number of carbonyl (C=O) groups is 2. The Morgan fingerprint density at radius 1 is 1.10 bits per heavy atom. The molecule has 0 saturated carbocycles. The van der Waals surface area contributed by atoms with Crippen LogP contribution in [0.5, 0.6) is 0 Å². The summed E-state index contributed by atoms with van der Waals surface area (Å²) in [4.78, 5) is 22.2. The highest BCUT2D eigenvalue weighted by molar-refractivity contribution is 6.01. The predicted molar refractivity (Wildman–Crippen MR) is 79.5 cm³/mol. The Labute approximate surface area is 121 Å². The van der Waals surface area contributed by atoms with Crippen molar-refractivity contribution >= 4 is 29.7 Å². The molecular formula is C16H13NO4. The molecule has 5 heteroatoms. The molecule has 0 radical (unpaired) electrons. The van der Waals surface area contributed by atoms with E-state index < -0.39 is 5.97 Å². The van der Waals surface area contributed by atoms with E-state index in [9.17, 15) is 9.59 Å². The van der Waals surface area contributed by atoms with Crippen LogP contribution in [0.1, 0.15) is 11.3 Å². The number of rotatable bonds is 5. The number of nitrogens with one attached hydrogen (secondary N) is 1. The van der Waals surface area contributed by atoms with Gasteiger partial charge >= 0.3 is 5.97 Å². The van der Waals surface area contributed by atoms with Crippen molar-refractivity contribution in [1.82, 2.24) is 0 Å². The molecule has 1 aromatic carbocycles. The van der Waals surface area contributed by atoms with Crippen LogP contribution >= 0.6 is 0 Å². The van der Waals surface area contributed by atoms with Crippen LogP contribution in [0.3, 0.4) is 0 Å². The van der Waals surface area contributed by atoms with Crippen molar-refractivity contribution in [2.75, 3.05) is 5.32 Å².